The van der Waals surface area contributed by atoms with Gasteiger partial charge in [0, 0.05) is 5.02 Å². The van der Waals surface area contributed by atoms with Crippen molar-refractivity contribution in [3.05, 3.63) is 64.9 Å². The zero-order valence-electron chi connectivity index (χ0n) is 15.4. The Bertz CT molecular complexity index is 935. The first-order valence-electron chi connectivity index (χ1n) is 8.76. The predicted molar refractivity (Wildman–Crippen MR) is 106 cm³/mol. The number of para-hydroxylation sites is 2. The number of rotatable bonds is 6. The van der Waals surface area contributed by atoms with Gasteiger partial charge in [0.2, 0.25) is 0 Å². The van der Waals surface area contributed by atoms with E-state index in [0.717, 1.165) is 11.4 Å². The van der Waals surface area contributed by atoms with Crippen LogP contribution in [-0.2, 0) is 0 Å². The number of anilines is 1. The van der Waals surface area contributed by atoms with Gasteiger partial charge in [-0.05, 0) is 49.2 Å². The summed E-state index contributed by atoms with van der Waals surface area (Å²) < 4.78 is 7.24. The van der Waals surface area contributed by atoms with Gasteiger partial charge in [-0.3, -0.25) is 4.79 Å². The minimum Gasteiger partial charge on any atom is -0.492 e. The standard InChI is InChI=1S/C20H21ClN4O2/c1-4-27-17-8-6-5-7-16(17)22-20(26)18-19(13(2)3)25(24-23-18)15-11-9-14(21)10-12-15/h5-13H,4H2,1-3H3,(H,22,26). The quantitative estimate of drug-likeness (QED) is 0.669. The van der Waals surface area contributed by atoms with Crippen molar-refractivity contribution >= 4 is 23.2 Å². The number of ether oxygens (including phenoxy) is 1. The molecule has 0 spiro atoms. The van der Waals surface area contributed by atoms with E-state index in [2.05, 4.69) is 15.6 Å². The molecule has 0 aliphatic carbocycles. The van der Waals surface area contributed by atoms with E-state index in [1.54, 1.807) is 22.9 Å². The highest BCUT2D eigenvalue weighted by Crippen LogP contribution is 2.26. The molecule has 0 bridgehead atoms. The van der Waals surface area contributed by atoms with Crippen molar-refractivity contribution in [3.8, 4) is 11.4 Å². The van der Waals surface area contributed by atoms with Gasteiger partial charge in [-0.1, -0.05) is 42.8 Å². The second-order valence-electron chi connectivity index (χ2n) is 6.25. The topological polar surface area (TPSA) is 69.0 Å². The van der Waals surface area contributed by atoms with Crippen LogP contribution in [0.3, 0.4) is 0 Å². The van der Waals surface area contributed by atoms with Crippen molar-refractivity contribution in [2.24, 2.45) is 0 Å². The molecule has 0 unspecified atom stereocenters. The summed E-state index contributed by atoms with van der Waals surface area (Å²) in [5.41, 5.74) is 2.40. The molecule has 1 heterocycles. The summed E-state index contributed by atoms with van der Waals surface area (Å²) in [5, 5.41) is 11.8. The summed E-state index contributed by atoms with van der Waals surface area (Å²) in [7, 11) is 0. The van der Waals surface area contributed by atoms with Crippen LogP contribution in [0.15, 0.2) is 48.5 Å². The van der Waals surface area contributed by atoms with E-state index in [9.17, 15) is 4.79 Å². The zero-order valence-corrected chi connectivity index (χ0v) is 16.2. The number of hydrogen-bond acceptors (Lipinski definition) is 4. The largest absolute Gasteiger partial charge is 0.492 e. The molecule has 0 saturated heterocycles. The number of carbonyl (C=O) groups excluding carboxylic acids is 1. The van der Waals surface area contributed by atoms with E-state index in [0.29, 0.717) is 23.1 Å². The molecular weight excluding hydrogens is 364 g/mol. The molecule has 0 aliphatic rings. The third kappa shape index (κ3) is 4.11. The molecule has 140 valence electrons. The first-order valence-corrected chi connectivity index (χ1v) is 9.13. The van der Waals surface area contributed by atoms with Crippen molar-refractivity contribution < 1.29 is 9.53 Å². The summed E-state index contributed by atoms with van der Waals surface area (Å²) in [4.78, 5) is 12.9. The molecule has 1 aromatic heterocycles. The number of aromatic nitrogens is 3. The zero-order chi connectivity index (χ0) is 19.4. The smallest absolute Gasteiger partial charge is 0.278 e. The Labute approximate surface area is 163 Å². The normalized spacial score (nSPS) is 10.9. The minimum absolute atomic E-state index is 0.0403. The van der Waals surface area contributed by atoms with Crippen LogP contribution in [-0.4, -0.2) is 27.5 Å². The molecule has 3 rings (SSSR count). The Morgan fingerprint density at radius 2 is 1.89 bits per heavy atom. The Morgan fingerprint density at radius 1 is 1.19 bits per heavy atom. The number of halogens is 1. The highest BCUT2D eigenvalue weighted by molar-refractivity contribution is 6.30. The predicted octanol–water partition coefficient (Wildman–Crippen LogP) is 4.70. The fourth-order valence-electron chi connectivity index (χ4n) is 2.77. The van der Waals surface area contributed by atoms with Crippen LogP contribution in [0.2, 0.25) is 5.02 Å². The Hall–Kier alpha value is -2.86. The van der Waals surface area contributed by atoms with Crippen LogP contribution in [0.4, 0.5) is 5.69 Å². The van der Waals surface area contributed by atoms with Crippen molar-refractivity contribution in [1.82, 2.24) is 15.0 Å². The Balaban J connectivity index is 1.95. The highest BCUT2D eigenvalue weighted by Gasteiger charge is 2.23. The first-order chi connectivity index (χ1) is 13.0. The number of hydrogen-bond donors (Lipinski definition) is 1. The molecule has 0 aliphatic heterocycles. The maximum absolute atomic E-state index is 12.9. The van der Waals surface area contributed by atoms with Crippen LogP contribution in [0.1, 0.15) is 42.9 Å². The van der Waals surface area contributed by atoms with Crippen molar-refractivity contribution in [3.63, 3.8) is 0 Å². The van der Waals surface area contributed by atoms with Gasteiger partial charge in [-0.2, -0.15) is 0 Å². The molecule has 0 saturated carbocycles. The molecule has 7 heteroatoms. The molecule has 0 atom stereocenters. The van der Waals surface area contributed by atoms with Gasteiger partial charge < -0.3 is 10.1 Å². The number of amides is 1. The first kappa shape index (κ1) is 18.9. The van der Waals surface area contributed by atoms with E-state index in [1.165, 1.54) is 0 Å². The van der Waals surface area contributed by atoms with Crippen molar-refractivity contribution in [2.45, 2.75) is 26.7 Å². The minimum atomic E-state index is -0.328. The Morgan fingerprint density at radius 3 is 2.56 bits per heavy atom. The highest BCUT2D eigenvalue weighted by atomic mass is 35.5. The lowest BCUT2D eigenvalue weighted by atomic mass is 10.1. The third-order valence-electron chi connectivity index (χ3n) is 3.97. The third-order valence-corrected chi connectivity index (χ3v) is 4.23. The second kappa shape index (κ2) is 8.22. The van der Waals surface area contributed by atoms with Gasteiger partial charge in [0.15, 0.2) is 5.69 Å². The molecule has 0 fully saturated rings. The molecule has 2 aromatic carbocycles. The fourth-order valence-corrected chi connectivity index (χ4v) is 2.90. The fraction of sp³-hybridized carbons (Fsp3) is 0.250. The maximum Gasteiger partial charge on any atom is 0.278 e. The van der Waals surface area contributed by atoms with Gasteiger partial charge >= 0.3 is 0 Å². The average molecular weight is 385 g/mol. The molecular formula is C20H21ClN4O2. The molecule has 1 N–H and O–H groups in total. The number of nitrogens with zero attached hydrogens (tertiary/aromatic N) is 3. The van der Waals surface area contributed by atoms with Crippen LogP contribution >= 0.6 is 11.6 Å². The summed E-state index contributed by atoms with van der Waals surface area (Å²) in [5.74, 6) is 0.328. The van der Waals surface area contributed by atoms with Crippen LogP contribution in [0, 0.1) is 0 Å². The summed E-state index contributed by atoms with van der Waals surface area (Å²) in [6, 6.07) is 14.5. The lowest BCUT2D eigenvalue weighted by molar-refractivity contribution is 0.102. The lowest BCUT2D eigenvalue weighted by Gasteiger charge is -2.13. The average Bonchev–Trinajstić information content (AvgIpc) is 3.10. The van der Waals surface area contributed by atoms with E-state index in [4.69, 9.17) is 16.3 Å². The summed E-state index contributed by atoms with van der Waals surface area (Å²) in [6.07, 6.45) is 0. The van der Waals surface area contributed by atoms with Crippen molar-refractivity contribution in [2.75, 3.05) is 11.9 Å². The SMILES string of the molecule is CCOc1ccccc1NC(=O)c1nnn(-c2ccc(Cl)cc2)c1C(C)C. The molecule has 0 radical (unpaired) electrons. The van der Waals surface area contributed by atoms with Gasteiger partial charge in [-0.15, -0.1) is 5.10 Å². The Kier molecular flexibility index (Phi) is 5.76. The van der Waals surface area contributed by atoms with Gasteiger partial charge in [0.05, 0.1) is 23.7 Å². The van der Waals surface area contributed by atoms with Crippen LogP contribution in [0.5, 0.6) is 5.75 Å². The number of benzene rings is 2. The van der Waals surface area contributed by atoms with E-state index >= 15 is 0 Å². The molecule has 1 amide bonds. The van der Waals surface area contributed by atoms with Gasteiger partial charge in [0.1, 0.15) is 5.75 Å². The maximum atomic E-state index is 12.9. The monoisotopic (exact) mass is 384 g/mol. The van der Waals surface area contributed by atoms with Gasteiger partial charge in [-0.25, -0.2) is 4.68 Å². The van der Waals surface area contributed by atoms with Crippen LogP contribution in [0.25, 0.3) is 5.69 Å². The molecule has 27 heavy (non-hydrogen) atoms. The number of carbonyl (C=O) groups is 1. The lowest BCUT2D eigenvalue weighted by Crippen LogP contribution is -2.17. The van der Waals surface area contributed by atoms with E-state index in [-0.39, 0.29) is 17.5 Å². The summed E-state index contributed by atoms with van der Waals surface area (Å²) in [6.45, 7) is 6.40. The second-order valence-corrected chi connectivity index (χ2v) is 6.69. The van der Waals surface area contributed by atoms with E-state index in [1.807, 2.05) is 51.1 Å². The van der Waals surface area contributed by atoms with Gasteiger partial charge in [0.25, 0.3) is 5.91 Å². The molecule has 6 nitrogen and oxygen atoms in total. The summed E-state index contributed by atoms with van der Waals surface area (Å²) >= 11 is 5.97. The van der Waals surface area contributed by atoms with Crippen molar-refractivity contribution in [1.29, 1.82) is 0 Å². The van der Waals surface area contributed by atoms with Crippen LogP contribution < -0.4 is 10.1 Å². The number of nitrogens with one attached hydrogen (secondary N) is 1. The molecule has 3 aromatic rings. The van der Waals surface area contributed by atoms with E-state index < -0.39 is 0 Å².